The Morgan fingerprint density at radius 2 is 2.17 bits per heavy atom. The summed E-state index contributed by atoms with van der Waals surface area (Å²) in [7, 11) is 0. The minimum Gasteiger partial charge on any atom is -0.347 e. The van der Waals surface area contributed by atoms with Gasteiger partial charge in [0.25, 0.3) is 5.91 Å². The first kappa shape index (κ1) is 16.8. The van der Waals surface area contributed by atoms with Crippen molar-refractivity contribution in [3.8, 4) is 0 Å². The van der Waals surface area contributed by atoms with Gasteiger partial charge in [0.1, 0.15) is 5.69 Å². The number of benzene rings is 1. The smallest absolute Gasteiger partial charge is 0.347 e. The van der Waals surface area contributed by atoms with E-state index in [0.717, 1.165) is 16.2 Å². The zero-order chi connectivity index (χ0) is 17.5. The average molecular weight is 374 g/mol. The number of amides is 1. The highest BCUT2D eigenvalue weighted by atomic mass is 35.5. The van der Waals surface area contributed by atoms with E-state index in [9.17, 15) is 18.0 Å². The van der Waals surface area contributed by atoms with Crippen LogP contribution in [-0.2, 0) is 12.7 Å². The molecule has 0 bridgehead atoms. The van der Waals surface area contributed by atoms with Crippen molar-refractivity contribution in [3.63, 3.8) is 0 Å². The Labute approximate surface area is 143 Å². The van der Waals surface area contributed by atoms with Gasteiger partial charge in [-0.25, -0.2) is 4.98 Å². The number of hydrogen-bond donors (Lipinski definition) is 1. The summed E-state index contributed by atoms with van der Waals surface area (Å²) in [5.74, 6) is -0.840. The Hall–Kier alpha value is -2.06. The maximum Gasteiger partial charge on any atom is 0.435 e. The molecule has 126 valence electrons. The number of fused-ring (bicyclic) bond motifs is 1. The Balaban J connectivity index is 1.93. The van der Waals surface area contributed by atoms with Crippen molar-refractivity contribution < 1.29 is 18.0 Å². The second-order valence-corrected chi connectivity index (χ2v) is 6.76. The topological polar surface area (TPSA) is 46.4 Å². The molecule has 3 aromatic rings. The van der Waals surface area contributed by atoms with Crippen molar-refractivity contribution >= 4 is 33.8 Å². The van der Waals surface area contributed by atoms with Crippen molar-refractivity contribution in [2.45, 2.75) is 19.6 Å². The van der Waals surface area contributed by atoms with Gasteiger partial charge in [0.15, 0.2) is 10.7 Å². The fourth-order valence-corrected chi connectivity index (χ4v) is 3.32. The number of rotatable bonds is 3. The molecule has 0 saturated heterocycles. The van der Waals surface area contributed by atoms with Gasteiger partial charge in [0.2, 0.25) is 0 Å². The molecule has 0 aliphatic rings. The highest BCUT2D eigenvalue weighted by Crippen LogP contribution is 2.33. The lowest BCUT2D eigenvalue weighted by Crippen LogP contribution is -2.27. The monoisotopic (exact) mass is 373 g/mol. The fourth-order valence-electron chi connectivity index (χ4n) is 2.28. The van der Waals surface area contributed by atoms with Gasteiger partial charge in [0.05, 0.1) is 0 Å². The van der Waals surface area contributed by atoms with E-state index in [1.807, 2.05) is 0 Å². The van der Waals surface area contributed by atoms with Crippen molar-refractivity contribution in [3.05, 3.63) is 57.3 Å². The lowest BCUT2D eigenvalue weighted by Gasteiger charge is -2.09. The van der Waals surface area contributed by atoms with Gasteiger partial charge in [-0.2, -0.15) is 13.2 Å². The summed E-state index contributed by atoms with van der Waals surface area (Å²) in [5.41, 5.74) is -1.01. The van der Waals surface area contributed by atoms with Crippen LogP contribution < -0.4 is 5.32 Å². The Kier molecular flexibility index (Phi) is 4.27. The second-order valence-electron chi connectivity index (χ2n) is 5.11. The van der Waals surface area contributed by atoms with E-state index >= 15 is 0 Å². The predicted molar refractivity (Wildman–Crippen MR) is 85.4 cm³/mol. The second kappa shape index (κ2) is 6.10. The number of nitrogens with zero attached hydrogens (tertiary/aromatic N) is 2. The highest BCUT2D eigenvalue weighted by molar-refractivity contribution is 7.17. The van der Waals surface area contributed by atoms with Crippen LogP contribution in [0, 0.1) is 6.92 Å². The van der Waals surface area contributed by atoms with Gasteiger partial charge in [-0.3, -0.25) is 9.20 Å². The minimum absolute atomic E-state index is 0.0625. The molecule has 1 amide bonds. The number of carbonyl (C=O) groups excluding carboxylic acids is 1. The Bertz CT molecular complexity index is 916. The van der Waals surface area contributed by atoms with Crippen LogP contribution in [0.2, 0.25) is 5.02 Å². The van der Waals surface area contributed by atoms with Crippen LogP contribution in [0.1, 0.15) is 26.6 Å². The summed E-state index contributed by atoms with van der Waals surface area (Å²) in [4.78, 5) is 16.8. The third-order valence-corrected chi connectivity index (χ3v) is 4.40. The molecule has 0 fully saturated rings. The number of halogens is 4. The SMILES string of the molecule is Cc1cn2c(C(=O)NCc3cccc(Cl)c3)c(C(F)(F)F)nc2s1. The average Bonchev–Trinajstić information content (AvgIpc) is 3.00. The molecule has 1 N–H and O–H groups in total. The molecule has 0 aliphatic carbocycles. The minimum atomic E-state index is -4.71. The maximum atomic E-state index is 13.2. The van der Waals surface area contributed by atoms with Gasteiger partial charge in [-0.1, -0.05) is 23.7 Å². The number of imidazole rings is 1. The number of aryl methyl sites for hydroxylation is 1. The van der Waals surface area contributed by atoms with Crippen LogP contribution in [-0.4, -0.2) is 15.3 Å². The first-order valence-electron chi connectivity index (χ1n) is 6.84. The molecule has 9 heteroatoms. The van der Waals surface area contributed by atoms with E-state index in [4.69, 9.17) is 11.6 Å². The molecule has 0 saturated carbocycles. The Morgan fingerprint density at radius 1 is 1.42 bits per heavy atom. The molecule has 2 aromatic heterocycles. The lowest BCUT2D eigenvalue weighted by atomic mass is 10.2. The fraction of sp³-hybridized carbons (Fsp3) is 0.200. The van der Waals surface area contributed by atoms with Crippen molar-refractivity contribution in [2.75, 3.05) is 0 Å². The number of thiazole rings is 1. The summed E-state index contributed by atoms with van der Waals surface area (Å²) in [6.07, 6.45) is -3.24. The van der Waals surface area contributed by atoms with E-state index in [1.54, 1.807) is 31.2 Å². The highest BCUT2D eigenvalue weighted by Gasteiger charge is 2.40. The van der Waals surface area contributed by atoms with Gasteiger partial charge >= 0.3 is 6.18 Å². The third-order valence-electron chi connectivity index (χ3n) is 3.27. The standard InChI is InChI=1S/C15H11ClF3N3OS/c1-8-7-22-11(12(15(17,18)19)21-14(22)24-8)13(23)20-6-9-3-2-4-10(16)5-9/h2-5,7H,6H2,1H3,(H,20,23). The largest absolute Gasteiger partial charge is 0.435 e. The lowest BCUT2D eigenvalue weighted by molar-refractivity contribution is -0.141. The van der Waals surface area contributed by atoms with Crippen LogP contribution >= 0.6 is 22.9 Å². The molecule has 1 aromatic carbocycles. The molecular weight excluding hydrogens is 363 g/mol. The van der Waals surface area contributed by atoms with Crippen LogP contribution in [0.25, 0.3) is 4.96 Å². The molecule has 0 radical (unpaired) electrons. The van der Waals surface area contributed by atoms with Crippen LogP contribution in [0.4, 0.5) is 13.2 Å². The molecule has 0 unspecified atom stereocenters. The number of nitrogens with one attached hydrogen (secondary N) is 1. The third kappa shape index (κ3) is 3.25. The molecule has 0 atom stereocenters. The summed E-state index contributed by atoms with van der Waals surface area (Å²) in [6, 6.07) is 6.72. The van der Waals surface area contributed by atoms with Crippen molar-refractivity contribution in [1.82, 2.24) is 14.7 Å². The molecule has 24 heavy (non-hydrogen) atoms. The van der Waals surface area contributed by atoms with Crippen molar-refractivity contribution in [2.24, 2.45) is 0 Å². The van der Waals surface area contributed by atoms with Gasteiger partial charge in [-0.15, -0.1) is 11.3 Å². The molecule has 4 nitrogen and oxygen atoms in total. The molecular formula is C15H11ClF3N3OS. The normalized spacial score (nSPS) is 11.9. The summed E-state index contributed by atoms with van der Waals surface area (Å²) < 4.78 is 40.7. The quantitative estimate of drug-likeness (QED) is 0.743. The molecule has 3 rings (SSSR count). The molecule has 2 heterocycles. The van der Waals surface area contributed by atoms with Gasteiger partial charge < -0.3 is 5.32 Å². The molecule has 0 aliphatic heterocycles. The summed E-state index contributed by atoms with van der Waals surface area (Å²) in [5, 5.41) is 2.97. The first-order chi connectivity index (χ1) is 11.3. The van der Waals surface area contributed by atoms with E-state index in [-0.39, 0.29) is 11.5 Å². The number of carbonyl (C=O) groups is 1. The Morgan fingerprint density at radius 3 is 2.83 bits per heavy atom. The number of hydrogen-bond acceptors (Lipinski definition) is 3. The van der Waals surface area contributed by atoms with Gasteiger partial charge in [0, 0.05) is 22.6 Å². The van der Waals surface area contributed by atoms with Gasteiger partial charge in [-0.05, 0) is 24.6 Å². The summed E-state index contributed by atoms with van der Waals surface area (Å²) >= 11 is 6.94. The predicted octanol–water partition coefficient (Wildman–Crippen LogP) is 4.31. The van der Waals surface area contributed by atoms with E-state index in [2.05, 4.69) is 10.3 Å². The van der Waals surface area contributed by atoms with Crippen molar-refractivity contribution in [1.29, 1.82) is 0 Å². The number of aromatic nitrogens is 2. The first-order valence-corrected chi connectivity index (χ1v) is 8.03. The van der Waals surface area contributed by atoms with Crippen LogP contribution in [0.15, 0.2) is 30.5 Å². The molecule has 0 spiro atoms. The zero-order valence-corrected chi connectivity index (χ0v) is 13.9. The van der Waals surface area contributed by atoms with E-state index in [1.165, 1.54) is 10.6 Å². The van der Waals surface area contributed by atoms with E-state index in [0.29, 0.717) is 10.6 Å². The van der Waals surface area contributed by atoms with Crippen LogP contribution in [0.5, 0.6) is 0 Å². The number of alkyl halides is 3. The zero-order valence-electron chi connectivity index (χ0n) is 12.3. The van der Waals surface area contributed by atoms with E-state index < -0.39 is 23.5 Å². The summed E-state index contributed by atoms with van der Waals surface area (Å²) in [6.45, 7) is 1.80. The van der Waals surface area contributed by atoms with Crippen LogP contribution in [0.3, 0.4) is 0 Å². The maximum absolute atomic E-state index is 13.2.